The highest BCUT2D eigenvalue weighted by Crippen LogP contribution is 2.38. The van der Waals surface area contributed by atoms with Gasteiger partial charge in [-0.1, -0.05) is 12.2 Å². The van der Waals surface area contributed by atoms with Crippen LogP contribution in [0.25, 0.3) is 0 Å². The zero-order valence-corrected chi connectivity index (χ0v) is 6.84. The van der Waals surface area contributed by atoms with E-state index in [4.69, 9.17) is 16.2 Å². The molecule has 1 saturated heterocycles. The van der Waals surface area contributed by atoms with Crippen molar-refractivity contribution in [3.63, 3.8) is 0 Å². The van der Waals surface area contributed by atoms with E-state index in [1.807, 2.05) is 0 Å². The quantitative estimate of drug-likeness (QED) is 0.510. The van der Waals surface area contributed by atoms with Crippen LogP contribution in [0.15, 0.2) is 12.2 Å². The summed E-state index contributed by atoms with van der Waals surface area (Å²) >= 11 is 0. The van der Waals surface area contributed by atoms with E-state index in [1.54, 1.807) is 12.2 Å². The van der Waals surface area contributed by atoms with Crippen LogP contribution in [0.2, 0.25) is 0 Å². The first-order valence-electron chi connectivity index (χ1n) is 4.03. The molecule has 0 unspecified atom stereocenters. The number of ether oxygens (including phenoxy) is 1. The average molecular weight is 182 g/mol. The molecule has 0 radical (unpaired) electrons. The zero-order chi connectivity index (χ0) is 9.59. The van der Waals surface area contributed by atoms with E-state index in [2.05, 4.69) is 0 Å². The van der Waals surface area contributed by atoms with Gasteiger partial charge in [0, 0.05) is 0 Å². The van der Waals surface area contributed by atoms with Crippen molar-refractivity contribution < 1.29 is 14.3 Å². The summed E-state index contributed by atoms with van der Waals surface area (Å²) in [7, 11) is 0. The molecular weight excluding hydrogens is 172 g/mol. The summed E-state index contributed by atoms with van der Waals surface area (Å²) in [5.74, 6) is -2.23. The van der Waals surface area contributed by atoms with Crippen molar-refractivity contribution in [1.29, 1.82) is 0 Å². The van der Waals surface area contributed by atoms with Gasteiger partial charge < -0.3 is 16.2 Å². The highest BCUT2D eigenvalue weighted by Gasteiger charge is 2.51. The Labute approximate surface area is 74.7 Å². The van der Waals surface area contributed by atoms with Gasteiger partial charge >= 0.3 is 0 Å². The summed E-state index contributed by atoms with van der Waals surface area (Å²) in [6, 6.07) is 0. The Balaban J connectivity index is 2.30. The van der Waals surface area contributed by atoms with Gasteiger partial charge in [0.25, 0.3) is 0 Å². The number of carbonyl (C=O) groups excluding carboxylic acids is 2. The van der Waals surface area contributed by atoms with Gasteiger partial charge in [0.1, 0.15) is 0 Å². The fourth-order valence-electron chi connectivity index (χ4n) is 1.99. The molecule has 70 valence electrons. The van der Waals surface area contributed by atoms with Gasteiger partial charge in [0.2, 0.25) is 11.8 Å². The Morgan fingerprint density at radius 3 is 1.69 bits per heavy atom. The second-order valence-electron chi connectivity index (χ2n) is 3.31. The summed E-state index contributed by atoms with van der Waals surface area (Å²) in [4.78, 5) is 22.0. The minimum Gasteiger partial charge on any atom is -0.369 e. The second kappa shape index (κ2) is 2.56. The van der Waals surface area contributed by atoms with E-state index in [0.29, 0.717) is 0 Å². The Morgan fingerprint density at radius 2 is 1.38 bits per heavy atom. The van der Waals surface area contributed by atoms with Gasteiger partial charge in [-0.3, -0.25) is 9.59 Å². The normalized spacial score (nSPS) is 40.9. The standard InChI is InChI=1S/C8H10N2O3/c9-7(11)5-3-1-2-4(13-3)6(5)8(10)12/h1-6H,(H2,9,11)(H2,10,12)/t3-,4+,5-,6+. The third-order valence-corrected chi connectivity index (χ3v) is 2.56. The van der Waals surface area contributed by atoms with Gasteiger partial charge in [-0.05, 0) is 0 Å². The zero-order valence-electron chi connectivity index (χ0n) is 6.84. The van der Waals surface area contributed by atoms with Gasteiger partial charge in [0.15, 0.2) is 0 Å². The van der Waals surface area contributed by atoms with Gasteiger partial charge in [-0.25, -0.2) is 0 Å². The number of rotatable bonds is 2. The summed E-state index contributed by atoms with van der Waals surface area (Å²) in [5.41, 5.74) is 10.3. The highest BCUT2D eigenvalue weighted by molar-refractivity contribution is 5.88. The van der Waals surface area contributed by atoms with E-state index >= 15 is 0 Å². The molecule has 0 spiro atoms. The van der Waals surface area contributed by atoms with Crippen LogP contribution in [-0.2, 0) is 14.3 Å². The van der Waals surface area contributed by atoms with Crippen LogP contribution in [0.1, 0.15) is 0 Å². The molecule has 2 aliphatic heterocycles. The number of nitrogens with two attached hydrogens (primary N) is 2. The Kier molecular flexibility index (Phi) is 1.63. The van der Waals surface area contributed by atoms with Crippen LogP contribution < -0.4 is 11.5 Å². The molecule has 4 N–H and O–H groups in total. The van der Waals surface area contributed by atoms with Crippen molar-refractivity contribution in [2.45, 2.75) is 12.2 Å². The van der Waals surface area contributed by atoms with Gasteiger partial charge in [0.05, 0.1) is 24.0 Å². The van der Waals surface area contributed by atoms with Crippen molar-refractivity contribution in [1.82, 2.24) is 0 Å². The van der Waals surface area contributed by atoms with Crippen molar-refractivity contribution >= 4 is 11.8 Å². The van der Waals surface area contributed by atoms with Crippen molar-refractivity contribution in [3.8, 4) is 0 Å². The molecule has 5 heteroatoms. The van der Waals surface area contributed by atoms with Crippen LogP contribution in [0.5, 0.6) is 0 Å². The monoisotopic (exact) mass is 182 g/mol. The number of hydrogen-bond acceptors (Lipinski definition) is 3. The second-order valence-corrected chi connectivity index (χ2v) is 3.31. The Hall–Kier alpha value is -1.36. The number of carbonyl (C=O) groups is 2. The Bertz CT molecular complexity index is 272. The smallest absolute Gasteiger partial charge is 0.224 e. The summed E-state index contributed by atoms with van der Waals surface area (Å²) in [6.07, 6.45) is 2.78. The maximum Gasteiger partial charge on any atom is 0.224 e. The van der Waals surface area contributed by atoms with Crippen LogP contribution in [0, 0.1) is 11.8 Å². The lowest BCUT2D eigenvalue weighted by molar-refractivity contribution is -0.130. The SMILES string of the molecule is NC(=O)[C@@H]1[C@H](C(N)=O)[C@H]2C=C[C@@H]1O2. The first-order valence-corrected chi connectivity index (χ1v) is 4.03. The highest BCUT2D eigenvalue weighted by atomic mass is 16.5. The molecule has 0 aliphatic carbocycles. The molecule has 0 saturated carbocycles. The minimum absolute atomic E-state index is 0.361. The number of hydrogen-bond donors (Lipinski definition) is 2. The number of fused-ring (bicyclic) bond motifs is 2. The maximum absolute atomic E-state index is 11.0. The number of amides is 2. The van der Waals surface area contributed by atoms with E-state index < -0.39 is 23.7 Å². The molecule has 2 amide bonds. The van der Waals surface area contributed by atoms with E-state index in [1.165, 1.54) is 0 Å². The van der Waals surface area contributed by atoms with E-state index in [9.17, 15) is 9.59 Å². The predicted octanol–water partition coefficient (Wildman–Crippen LogP) is -1.47. The Morgan fingerprint density at radius 1 is 1.00 bits per heavy atom. The molecule has 1 fully saturated rings. The molecule has 2 rings (SSSR count). The van der Waals surface area contributed by atoms with Crippen LogP contribution >= 0.6 is 0 Å². The number of primary amides is 2. The first kappa shape index (κ1) is 8.25. The average Bonchev–Trinajstić information content (AvgIpc) is 2.60. The summed E-state index contributed by atoms with van der Waals surface area (Å²) in [6.45, 7) is 0. The molecule has 2 aliphatic rings. The van der Waals surface area contributed by atoms with Crippen molar-refractivity contribution in [2.24, 2.45) is 23.3 Å². The maximum atomic E-state index is 11.0. The molecule has 0 aromatic carbocycles. The molecular formula is C8H10N2O3. The lowest BCUT2D eigenvalue weighted by Crippen LogP contribution is -2.42. The van der Waals surface area contributed by atoms with Crippen LogP contribution in [0.4, 0.5) is 0 Å². The van der Waals surface area contributed by atoms with Crippen molar-refractivity contribution in [3.05, 3.63) is 12.2 Å². The van der Waals surface area contributed by atoms with Crippen molar-refractivity contribution in [2.75, 3.05) is 0 Å². The largest absolute Gasteiger partial charge is 0.369 e. The molecule has 2 bridgehead atoms. The fraction of sp³-hybridized carbons (Fsp3) is 0.500. The fourth-order valence-corrected chi connectivity index (χ4v) is 1.99. The molecule has 4 atom stereocenters. The first-order chi connectivity index (χ1) is 6.11. The third-order valence-electron chi connectivity index (χ3n) is 2.56. The van der Waals surface area contributed by atoms with Gasteiger partial charge in [-0.2, -0.15) is 0 Å². The minimum atomic E-state index is -0.590. The van der Waals surface area contributed by atoms with E-state index in [0.717, 1.165) is 0 Å². The van der Waals surface area contributed by atoms with Gasteiger partial charge in [-0.15, -0.1) is 0 Å². The molecule has 2 heterocycles. The van der Waals surface area contributed by atoms with Crippen LogP contribution in [-0.4, -0.2) is 24.0 Å². The topological polar surface area (TPSA) is 95.4 Å². The lowest BCUT2D eigenvalue weighted by atomic mass is 9.82. The molecule has 0 aromatic rings. The molecule has 5 nitrogen and oxygen atoms in total. The lowest BCUT2D eigenvalue weighted by Gasteiger charge is -2.18. The van der Waals surface area contributed by atoms with Crippen LogP contribution in [0.3, 0.4) is 0 Å². The van der Waals surface area contributed by atoms with E-state index in [-0.39, 0.29) is 12.2 Å². The third kappa shape index (κ3) is 1.04. The summed E-state index contributed by atoms with van der Waals surface area (Å²) < 4.78 is 5.31. The molecule has 13 heavy (non-hydrogen) atoms. The summed E-state index contributed by atoms with van der Waals surface area (Å²) in [5, 5.41) is 0. The molecule has 0 aromatic heterocycles. The predicted molar refractivity (Wildman–Crippen MR) is 43.2 cm³/mol.